The fourth-order valence-electron chi connectivity index (χ4n) is 4.23. The molecule has 2 aromatic rings. The van der Waals surface area contributed by atoms with E-state index in [0.717, 1.165) is 10.0 Å². The van der Waals surface area contributed by atoms with Gasteiger partial charge in [0, 0.05) is 10.0 Å². The molecule has 2 aromatic carbocycles. The molecule has 144 valence electrons. The molecule has 0 spiro atoms. The summed E-state index contributed by atoms with van der Waals surface area (Å²) in [5.74, 6) is -2.40. The van der Waals surface area contributed by atoms with E-state index in [-0.39, 0.29) is 24.5 Å². The van der Waals surface area contributed by atoms with Gasteiger partial charge in [-0.2, -0.15) is 0 Å². The summed E-state index contributed by atoms with van der Waals surface area (Å²) in [5.41, 5.74) is 1.44. The van der Waals surface area contributed by atoms with Gasteiger partial charge in [-0.1, -0.05) is 46.3 Å². The second-order valence-electron chi connectivity index (χ2n) is 6.95. The number of hydrogen-bond donors (Lipinski definition) is 1. The van der Waals surface area contributed by atoms with Gasteiger partial charge in [-0.3, -0.25) is 9.59 Å². The monoisotopic (exact) mass is 443 g/mol. The van der Waals surface area contributed by atoms with Crippen LogP contribution in [0.3, 0.4) is 0 Å². The second-order valence-corrected chi connectivity index (χ2v) is 7.86. The third-order valence-electron chi connectivity index (χ3n) is 5.41. The fraction of sp³-hybridized carbons (Fsp3) is 0.286. The largest absolute Gasteiger partial charge is 0.462 e. The number of quaternary nitrogens is 1. The first-order valence-electron chi connectivity index (χ1n) is 9.23. The summed E-state index contributed by atoms with van der Waals surface area (Å²) in [6, 6.07) is 15.5. The summed E-state index contributed by atoms with van der Waals surface area (Å²) in [7, 11) is 0. The number of anilines is 1. The van der Waals surface area contributed by atoms with Gasteiger partial charge in [-0.05, 0) is 31.2 Å². The highest BCUT2D eigenvalue weighted by Crippen LogP contribution is 2.42. The summed E-state index contributed by atoms with van der Waals surface area (Å²) < 4.78 is 6.06. The van der Waals surface area contributed by atoms with Crippen LogP contribution in [0, 0.1) is 11.8 Å². The Balaban J connectivity index is 1.75. The van der Waals surface area contributed by atoms with Crippen molar-refractivity contribution in [2.24, 2.45) is 11.8 Å². The van der Waals surface area contributed by atoms with E-state index < -0.39 is 23.8 Å². The molecule has 0 bridgehead atoms. The lowest BCUT2D eigenvalue weighted by atomic mass is 9.86. The van der Waals surface area contributed by atoms with Crippen molar-refractivity contribution in [3.63, 3.8) is 0 Å². The van der Waals surface area contributed by atoms with Crippen LogP contribution in [0.4, 0.5) is 5.69 Å². The summed E-state index contributed by atoms with van der Waals surface area (Å²) in [5, 5.41) is 1.82. The molecule has 0 radical (unpaired) electrons. The van der Waals surface area contributed by atoms with Crippen molar-refractivity contribution in [3.05, 3.63) is 64.6 Å². The number of ether oxygens (including phenoxy) is 1. The third-order valence-corrected chi connectivity index (χ3v) is 5.94. The summed E-state index contributed by atoms with van der Waals surface area (Å²) in [6.45, 7) is 1.96. The predicted molar refractivity (Wildman–Crippen MR) is 105 cm³/mol. The highest BCUT2D eigenvalue weighted by atomic mass is 79.9. The number of amides is 2. The van der Waals surface area contributed by atoms with E-state index in [1.54, 1.807) is 31.2 Å². The second kappa shape index (κ2) is 7.48. The molecule has 0 aliphatic carbocycles. The van der Waals surface area contributed by atoms with E-state index in [9.17, 15) is 14.4 Å². The summed E-state index contributed by atoms with van der Waals surface area (Å²) >= 11 is 3.36. The van der Waals surface area contributed by atoms with Gasteiger partial charge in [-0.15, -0.1) is 0 Å². The smallest absolute Gasteiger partial charge is 0.365 e. The Kier molecular flexibility index (Phi) is 5.03. The Hall–Kier alpha value is -2.51. The Morgan fingerprint density at radius 2 is 1.68 bits per heavy atom. The number of esters is 1. The lowest BCUT2D eigenvalue weighted by Gasteiger charge is -2.20. The van der Waals surface area contributed by atoms with Gasteiger partial charge in [0.25, 0.3) is 0 Å². The lowest BCUT2D eigenvalue weighted by molar-refractivity contribution is -0.700. The maximum atomic E-state index is 13.3. The lowest BCUT2D eigenvalue weighted by Crippen LogP contribution is -2.91. The van der Waals surface area contributed by atoms with Crippen LogP contribution in [0.2, 0.25) is 0 Å². The Morgan fingerprint density at radius 1 is 1.04 bits per heavy atom. The van der Waals surface area contributed by atoms with E-state index in [2.05, 4.69) is 15.9 Å². The molecule has 2 aliphatic heterocycles. The molecule has 2 heterocycles. The maximum Gasteiger partial charge on any atom is 0.365 e. The van der Waals surface area contributed by atoms with Gasteiger partial charge >= 0.3 is 5.97 Å². The highest BCUT2D eigenvalue weighted by Gasteiger charge is 2.64. The molecule has 2 amide bonds. The molecule has 0 aromatic heterocycles. The van der Waals surface area contributed by atoms with Crippen molar-refractivity contribution in [1.82, 2.24) is 0 Å². The number of carbonyl (C=O) groups is 3. The van der Waals surface area contributed by atoms with Crippen LogP contribution in [0.5, 0.6) is 0 Å². The highest BCUT2D eigenvalue weighted by molar-refractivity contribution is 9.10. The molecule has 6 nitrogen and oxygen atoms in total. The SMILES string of the molecule is CCOC(=O)[C@H]1[NH2+][C@@H](c2ccccc2)[C@@H]2C(=O)N(c3ccc(Br)cc3)C(=O)[C@@H]21. The normalized spacial score (nSPS) is 26.4. The Bertz CT molecular complexity index is 916. The minimum atomic E-state index is -0.736. The van der Waals surface area contributed by atoms with Crippen LogP contribution in [0.1, 0.15) is 18.5 Å². The van der Waals surface area contributed by atoms with E-state index in [1.165, 1.54) is 4.90 Å². The summed E-state index contributed by atoms with van der Waals surface area (Å²) in [6.07, 6.45) is 0. The first-order chi connectivity index (χ1) is 13.5. The molecule has 0 saturated carbocycles. The molecule has 4 rings (SSSR count). The maximum absolute atomic E-state index is 13.3. The molecular weight excluding hydrogens is 424 g/mol. The molecule has 2 fully saturated rings. The molecular formula is C21H20BrN2O4+. The van der Waals surface area contributed by atoms with Crippen LogP contribution in [0.15, 0.2) is 59.1 Å². The molecule has 0 unspecified atom stereocenters. The minimum absolute atomic E-state index is 0.231. The zero-order valence-electron chi connectivity index (χ0n) is 15.2. The minimum Gasteiger partial charge on any atom is -0.462 e. The van der Waals surface area contributed by atoms with E-state index in [4.69, 9.17) is 4.74 Å². The number of nitrogens with two attached hydrogens (primary N) is 1. The van der Waals surface area contributed by atoms with Gasteiger partial charge in [0.2, 0.25) is 11.8 Å². The third kappa shape index (κ3) is 3.04. The van der Waals surface area contributed by atoms with Crippen LogP contribution in [-0.2, 0) is 19.1 Å². The molecule has 2 saturated heterocycles. The number of rotatable bonds is 4. The van der Waals surface area contributed by atoms with Gasteiger partial charge in [0.05, 0.1) is 12.3 Å². The molecule has 2 N–H and O–H groups in total. The topological polar surface area (TPSA) is 80.3 Å². The number of fused-ring (bicyclic) bond motifs is 1. The van der Waals surface area contributed by atoms with Crippen LogP contribution in [-0.4, -0.2) is 30.4 Å². The number of nitrogens with zero attached hydrogens (tertiary/aromatic N) is 1. The van der Waals surface area contributed by atoms with Crippen molar-refractivity contribution in [2.75, 3.05) is 11.5 Å². The zero-order chi connectivity index (χ0) is 19.8. The molecule has 4 atom stereocenters. The van der Waals surface area contributed by atoms with Crippen LogP contribution in [0.25, 0.3) is 0 Å². The Morgan fingerprint density at radius 3 is 2.32 bits per heavy atom. The molecule has 28 heavy (non-hydrogen) atoms. The first kappa shape index (κ1) is 18.8. The standard InChI is InChI=1S/C21H19BrN2O4/c1-2-28-21(27)18-16-15(17(23-18)12-6-4-3-5-7-12)19(25)24(20(16)26)14-10-8-13(22)9-11-14/h3-11,15-18,23H,2H2,1H3/p+1/t15-,16+,17+,18+/m1/s1. The zero-order valence-corrected chi connectivity index (χ0v) is 16.8. The van der Waals surface area contributed by atoms with Crippen molar-refractivity contribution in [1.29, 1.82) is 0 Å². The van der Waals surface area contributed by atoms with Gasteiger partial charge in [-0.25, -0.2) is 9.69 Å². The fourth-order valence-corrected chi connectivity index (χ4v) is 4.50. The van der Waals surface area contributed by atoms with Crippen molar-refractivity contribution < 1.29 is 24.4 Å². The van der Waals surface area contributed by atoms with E-state index in [0.29, 0.717) is 5.69 Å². The number of carbonyl (C=O) groups excluding carboxylic acids is 3. The van der Waals surface area contributed by atoms with Gasteiger partial charge in [0.15, 0.2) is 6.04 Å². The predicted octanol–water partition coefficient (Wildman–Crippen LogP) is 1.80. The molecule has 2 aliphatic rings. The van der Waals surface area contributed by atoms with Crippen molar-refractivity contribution in [2.45, 2.75) is 19.0 Å². The molecule has 7 heteroatoms. The van der Waals surface area contributed by atoms with Crippen molar-refractivity contribution in [3.8, 4) is 0 Å². The number of halogens is 1. The number of benzene rings is 2. The quantitative estimate of drug-likeness (QED) is 0.576. The average molecular weight is 444 g/mol. The van der Waals surface area contributed by atoms with E-state index >= 15 is 0 Å². The van der Waals surface area contributed by atoms with Gasteiger partial charge in [0.1, 0.15) is 17.9 Å². The van der Waals surface area contributed by atoms with Crippen LogP contribution < -0.4 is 10.2 Å². The first-order valence-corrected chi connectivity index (χ1v) is 10.0. The average Bonchev–Trinajstić information content (AvgIpc) is 3.21. The number of hydrogen-bond acceptors (Lipinski definition) is 4. The van der Waals surface area contributed by atoms with Crippen LogP contribution >= 0.6 is 15.9 Å². The Labute approximate surface area is 171 Å². The summed E-state index contributed by atoms with van der Waals surface area (Å²) in [4.78, 5) is 40.3. The van der Waals surface area contributed by atoms with Gasteiger partial charge < -0.3 is 10.1 Å². The van der Waals surface area contributed by atoms with E-state index in [1.807, 2.05) is 35.6 Å². The number of imide groups is 1. The van der Waals surface area contributed by atoms with Crippen molar-refractivity contribution >= 4 is 39.4 Å².